The lowest BCUT2D eigenvalue weighted by molar-refractivity contribution is -0.138. The summed E-state index contributed by atoms with van der Waals surface area (Å²) in [4.78, 5) is 40.9. The molecule has 3 amide bonds. The lowest BCUT2D eigenvalue weighted by atomic mass is 10.0. The van der Waals surface area contributed by atoms with Gasteiger partial charge in [-0.2, -0.15) is 18.3 Å². The third kappa shape index (κ3) is 6.67. The van der Waals surface area contributed by atoms with Gasteiger partial charge in [-0.3, -0.25) is 19.2 Å². The highest BCUT2D eigenvalue weighted by Gasteiger charge is 2.46. The molecule has 14 heteroatoms. The second kappa shape index (κ2) is 11.5. The van der Waals surface area contributed by atoms with E-state index in [1.165, 1.54) is 34.0 Å². The number of likely N-dealkylation sites (tertiary alicyclic amines) is 1. The zero-order valence-corrected chi connectivity index (χ0v) is 24.9. The smallest absolute Gasteiger partial charge is 0.416 e. The molecule has 2 aliphatic rings. The van der Waals surface area contributed by atoms with E-state index in [2.05, 4.69) is 5.10 Å². The highest BCUT2D eigenvalue weighted by atomic mass is 35.5. The molecular formula is C29H27ClF4N4O4S. The van der Waals surface area contributed by atoms with Crippen LogP contribution in [0.2, 0.25) is 5.02 Å². The first-order valence-corrected chi connectivity index (χ1v) is 14.5. The number of nitrogens with zero attached hydrogens (tertiary/aromatic N) is 4. The van der Waals surface area contributed by atoms with Crippen molar-refractivity contribution in [1.82, 2.24) is 19.6 Å². The van der Waals surface area contributed by atoms with Crippen LogP contribution in [0.5, 0.6) is 0 Å². The zero-order chi connectivity index (χ0) is 31.3. The second-order valence-corrected chi connectivity index (χ2v) is 12.7. The molecule has 0 radical (unpaired) electrons. The highest BCUT2D eigenvalue weighted by molar-refractivity contribution is 8.18. The van der Waals surface area contributed by atoms with Crippen LogP contribution >= 0.6 is 23.4 Å². The van der Waals surface area contributed by atoms with Gasteiger partial charge in [-0.25, -0.2) is 9.18 Å². The second-order valence-electron chi connectivity index (χ2n) is 11.3. The van der Waals surface area contributed by atoms with Gasteiger partial charge in [0.2, 0.25) is 0 Å². The summed E-state index contributed by atoms with van der Waals surface area (Å²) in [5.41, 5.74) is -0.518. The first kappa shape index (κ1) is 30.9. The number of imide groups is 1. The number of amides is 3. The minimum Gasteiger partial charge on any atom is -0.444 e. The number of carbonyl (C=O) groups is 3. The van der Waals surface area contributed by atoms with Crippen LogP contribution in [-0.2, 0) is 22.3 Å². The average molecular weight is 639 g/mol. The van der Waals surface area contributed by atoms with E-state index in [0.717, 1.165) is 11.0 Å². The molecule has 0 spiro atoms. The number of fused-ring (bicyclic) bond motifs is 1. The predicted octanol–water partition coefficient (Wildman–Crippen LogP) is 7.14. The summed E-state index contributed by atoms with van der Waals surface area (Å²) in [6, 6.07) is 7.39. The van der Waals surface area contributed by atoms with Crippen molar-refractivity contribution in [3.8, 4) is 0 Å². The van der Waals surface area contributed by atoms with Crippen LogP contribution in [0, 0.1) is 0 Å². The summed E-state index contributed by atoms with van der Waals surface area (Å²) >= 11 is 6.46. The molecule has 2 atom stereocenters. The van der Waals surface area contributed by atoms with Gasteiger partial charge in [0.05, 0.1) is 34.8 Å². The van der Waals surface area contributed by atoms with E-state index >= 15 is 0 Å². The molecule has 2 saturated heterocycles. The van der Waals surface area contributed by atoms with Gasteiger partial charge < -0.3 is 9.64 Å². The average Bonchev–Trinajstić information content (AvgIpc) is 3.42. The van der Waals surface area contributed by atoms with Crippen molar-refractivity contribution in [2.45, 2.75) is 57.7 Å². The minimum atomic E-state index is -4.59. The quantitative estimate of drug-likeness (QED) is 0.223. The molecule has 0 bridgehead atoms. The van der Waals surface area contributed by atoms with E-state index in [-0.39, 0.29) is 41.5 Å². The van der Waals surface area contributed by atoms with Crippen LogP contribution in [0.15, 0.2) is 47.5 Å². The fraction of sp³-hybridized carbons (Fsp3) is 0.379. The van der Waals surface area contributed by atoms with Gasteiger partial charge in [-0.15, -0.1) is 0 Å². The summed E-state index contributed by atoms with van der Waals surface area (Å²) in [6.07, 6.45) is -3.81. The first-order chi connectivity index (χ1) is 20.1. The van der Waals surface area contributed by atoms with Crippen molar-refractivity contribution in [1.29, 1.82) is 0 Å². The van der Waals surface area contributed by atoms with Crippen molar-refractivity contribution in [2.24, 2.45) is 0 Å². The monoisotopic (exact) mass is 638 g/mol. The number of carbonyl (C=O) groups excluding carboxylic acids is 3. The number of ether oxygens (including phenoxy) is 1. The van der Waals surface area contributed by atoms with E-state index in [1.807, 2.05) is 0 Å². The molecule has 1 aromatic heterocycles. The molecular weight excluding hydrogens is 612 g/mol. The Hall–Kier alpha value is -3.58. The van der Waals surface area contributed by atoms with Gasteiger partial charge >= 0.3 is 12.3 Å². The van der Waals surface area contributed by atoms with E-state index < -0.39 is 46.8 Å². The van der Waals surface area contributed by atoms with Crippen LogP contribution < -0.4 is 0 Å². The highest BCUT2D eigenvalue weighted by Crippen LogP contribution is 2.37. The van der Waals surface area contributed by atoms with Crippen LogP contribution in [-0.4, -0.2) is 67.7 Å². The maximum Gasteiger partial charge on any atom is 0.416 e. The molecule has 0 aliphatic carbocycles. The third-order valence-corrected chi connectivity index (χ3v) is 8.09. The van der Waals surface area contributed by atoms with Crippen LogP contribution in [0.1, 0.15) is 43.9 Å². The van der Waals surface area contributed by atoms with Gasteiger partial charge in [-0.05, 0) is 80.4 Å². The minimum absolute atomic E-state index is 0.00114. The molecule has 2 aliphatic heterocycles. The fourth-order valence-electron chi connectivity index (χ4n) is 4.99. The molecule has 8 nitrogen and oxygen atoms in total. The van der Waals surface area contributed by atoms with E-state index in [1.54, 1.807) is 39.0 Å². The molecule has 3 heterocycles. The van der Waals surface area contributed by atoms with Crippen LogP contribution in [0.25, 0.3) is 17.0 Å². The standard InChI is InChI=1S/C29H27ClF4N4O4S/c1-28(2,3)42-26(40)36-9-8-21(31)23(15-36)38-25(39)24(43-27(38)41)11-16-4-7-22-18(10-16)13-35-37(22)14-17-5-6-19(30)12-20(17)29(32,33)34/h4-7,10-13,21,23H,8-9,14-15H2,1-3H3. The molecule has 0 N–H and O–H groups in total. The number of piperidine rings is 1. The lowest BCUT2D eigenvalue weighted by Crippen LogP contribution is -2.57. The number of alkyl halides is 4. The Morgan fingerprint density at radius 2 is 1.91 bits per heavy atom. The Morgan fingerprint density at radius 1 is 1.16 bits per heavy atom. The first-order valence-electron chi connectivity index (χ1n) is 13.3. The molecule has 2 unspecified atom stereocenters. The van der Waals surface area contributed by atoms with E-state index in [4.69, 9.17) is 16.3 Å². The van der Waals surface area contributed by atoms with E-state index in [0.29, 0.717) is 28.2 Å². The van der Waals surface area contributed by atoms with E-state index in [9.17, 15) is 31.9 Å². The van der Waals surface area contributed by atoms with Crippen LogP contribution in [0.4, 0.5) is 27.2 Å². The number of hydrogen-bond acceptors (Lipinski definition) is 6. The third-order valence-electron chi connectivity index (χ3n) is 6.97. The Kier molecular flexibility index (Phi) is 8.25. The maximum atomic E-state index is 15.0. The Morgan fingerprint density at radius 3 is 2.60 bits per heavy atom. The predicted molar refractivity (Wildman–Crippen MR) is 154 cm³/mol. The summed E-state index contributed by atoms with van der Waals surface area (Å²) in [5.74, 6) is -0.674. The van der Waals surface area contributed by atoms with Gasteiger partial charge in [0, 0.05) is 23.5 Å². The number of aromatic nitrogens is 2. The molecule has 2 aromatic carbocycles. The summed E-state index contributed by atoms with van der Waals surface area (Å²) < 4.78 is 62.5. The zero-order valence-electron chi connectivity index (χ0n) is 23.3. The topological polar surface area (TPSA) is 84.7 Å². The SMILES string of the molecule is CC(C)(C)OC(=O)N1CCC(F)C(N2C(=O)SC(=Cc3ccc4c(cnn4Cc4ccc(Cl)cc4C(F)(F)F)c3)C2=O)C1. The summed E-state index contributed by atoms with van der Waals surface area (Å²) in [7, 11) is 0. The Balaban J connectivity index is 1.35. The van der Waals surface area contributed by atoms with Crippen molar-refractivity contribution in [2.75, 3.05) is 13.1 Å². The van der Waals surface area contributed by atoms with Gasteiger partial charge in [0.25, 0.3) is 11.1 Å². The molecule has 228 valence electrons. The molecule has 0 saturated carbocycles. The largest absolute Gasteiger partial charge is 0.444 e. The Bertz CT molecular complexity index is 1630. The number of hydrogen-bond donors (Lipinski definition) is 0. The van der Waals surface area contributed by atoms with Crippen molar-refractivity contribution >= 4 is 57.6 Å². The van der Waals surface area contributed by atoms with Crippen LogP contribution in [0.3, 0.4) is 0 Å². The Labute approximate surface area is 253 Å². The van der Waals surface area contributed by atoms with Crippen molar-refractivity contribution < 1.29 is 36.7 Å². The number of benzene rings is 2. The van der Waals surface area contributed by atoms with Crippen molar-refractivity contribution in [3.63, 3.8) is 0 Å². The summed E-state index contributed by atoms with van der Waals surface area (Å²) in [5, 5.41) is 4.16. The van der Waals surface area contributed by atoms with Gasteiger partial charge in [0.15, 0.2) is 0 Å². The maximum absolute atomic E-state index is 15.0. The normalized spacial score (nSPS) is 20.9. The fourth-order valence-corrected chi connectivity index (χ4v) is 6.05. The molecule has 43 heavy (non-hydrogen) atoms. The number of halogens is 5. The lowest BCUT2D eigenvalue weighted by Gasteiger charge is -2.38. The van der Waals surface area contributed by atoms with Gasteiger partial charge in [-0.1, -0.05) is 23.7 Å². The summed E-state index contributed by atoms with van der Waals surface area (Å²) in [6.45, 7) is 4.88. The number of rotatable bonds is 4. The van der Waals surface area contributed by atoms with Crippen molar-refractivity contribution in [3.05, 3.63) is 69.2 Å². The molecule has 2 fully saturated rings. The molecule has 5 rings (SSSR count). The number of thioether (sulfide) groups is 1. The van der Waals surface area contributed by atoms with Gasteiger partial charge in [0.1, 0.15) is 11.8 Å². The molecule has 3 aromatic rings.